The summed E-state index contributed by atoms with van der Waals surface area (Å²) in [5, 5.41) is 11.7. The van der Waals surface area contributed by atoms with Crippen molar-refractivity contribution in [3.63, 3.8) is 0 Å². The van der Waals surface area contributed by atoms with Gasteiger partial charge in [0.2, 0.25) is 5.88 Å². The average molecular weight is 267 g/mol. The Morgan fingerprint density at radius 1 is 1.37 bits per heavy atom. The van der Waals surface area contributed by atoms with E-state index in [1.54, 1.807) is 6.07 Å². The number of carbonyl (C=O) groups is 1. The van der Waals surface area contributed by atoms with Crippen LogP contribution < -0.4 is 10.1 Å². The number of hydrogen-bond acceptors (Lipinski definition) is 5. The molecule has 0 aliphatic heterocycles. The number of unbranched alkanes of at least 4 members (excludes halogenated alkanes) is 2. The molecule has 1 rings (SSSR count). The first-order valence-corrected chi connectivity index (χ1v) is 6.56. The number of hydrogen-bond donors (Lipinski definition) is 2. The van der Waals surface area contributed by atoms with Crippen molar-refractivity contribution in [1.29, 1.82) is 0 Å². The molecular weight excluding hydrogens is 246 g/mol. The summed E-state index contributed by atoms with van der Waals surface area (Å²) in [6.07, 6.45) is 2.76. The summed E-state index contributed by atoms with van der Waals surface area (Å²) in [5.74, 6) is 1.25. The molecule has 1 aromatic rings. The van der Waals surface area contributed by atoms with Gasteiger partial charge in [0.25, 0.3) is 0 Å². The van der Waals surface area contributed by atoms with Crippen LogP contribution in [0.25, 0.3) is 0 Å². The molecule has 0 aliphatic carbocycles. The van der Waals surface area contributed by atoms with Crippen LogP contribution in [0.15, 0.2) is 6.07 Å². The summed E-state index contributed by atoms with van der Waals surface area (Å²) >= 11 is 0. The largest absolute Gasteiger partial charge is 0.481 e. The van der Waals surface area contributed by atoms with Gasteiger partial charge in [0, 0.05) is 19.0 Å². The van der Waals surface area contributed by atoms with E-state index in [9.17, 15) is 4.79 Å². The molecule has 0 bridgehead atoms. The smallest absolute Gasteiger partial charge is 0.303 e. The van der Waals surface area contributed by atoms with E-state index in [-0.39, 0.29) is 6.42 Å². The number of carboxylic acid groups (broad SMARTS) is 1. The quantitative estimate of drug-likeness (QED) is 0.667. The summed E-state index contributed by atoms with van der Waals surface area (Å²) in [4.78, 5) is 18.8. The Kier molecular flexibility index (Phi) is 6.63. The lowest BCUT2D eigenvalue weighted by molar-refractivity contribution is -0.137. The average Bonchev–Trinajstić information content (AvgIpc) is 2.33. The van der Waals surface area contributed by atoms with Crippen molar-refractivity contribution in [1.82, 2.24) is 9.97 Å². The van der Waals surface area contributed by atoms with Crippen molar-refractivity contribution in [2.75, 3.05) is 18.5 Å². The highest BCUT2D eigenvalue weighted by molar-refractivity contribution is 5.66. The van der Waals surface area contributed by atoms with E-state index >= 15 is 0 Å². The number of carboxylic acids is 1. The van der Waals surface area contributed by atoms with Crippen LogP contribution in [0.3, 0.4) is 0 Å². The number of aromatic nitrogens is 2. The van der Waals surface area contributed by atoms with Crippen LogP contribution in [0, 0.1) is 6.92 Å². The van der Waals surface area contributed by atoms with E-state index in [4.69, 9.17) is 9.84 Å². The van der Waals surface area contributed by atoms with E-state index < -0.39 is 5.97 Å². The lowest BCUT2D eigenvalue weighted by atomic mass is 10.2. The Hall–Kier alpha value is -1.85. The molecular formula is C13H21N3O3. The predicted molar refractivity (Wildman–Crippen MR) is 72.5 cm³/mol. The zero-order valence-corrected chi connectivity index (χ0v) is 11.5. The van der Waals surface area contributed by atoms with Crippen molar-refractivity contribution in [3.8, 4) is 5.88 Å². The predicted octanol–water partition coefficient (Wildman–Crippen LogP) is 2.24. The zero-order valence-electron chi connectivity index (χ0n) is 11.5. The minimum atomic E-state index is -0.735. The third-order valence-corrected chi connectivity index (χ3v) is 2.48. The van der Waals surface area contributed by atoms with Crippen molar-refractivity contribution in [3.05, 3.63) is 11.9 Å². The van der Waals surface area contributed by atoms with Gasteiger partial charge in [-0.2, -0.15) is 4.98 Å². The lowest BCUT2D eigenvalue weighted by Gasteiger charge is -2.08. The fraction of sp³-hybridized carbons (Fsp3) is 0.615. The maximum absolute atomic E-state index is 10.3. The molecule has 0 saturated heterocycles. The standard InChI is InChI=1S/C13H21N3O3/c1-3-19-12-9-11(15-10(2)16-12)14-8-6-4-5-7-13(17)18/h9H,3-8H2,1-2H3,(H,17,18)(H,14,15,16). The number of aryl methyl sites for hydroxylation is 1. The maximum Gasteiger partial charge on any atom is 0.303 e. The van der Waals surface area contributed by atoms with Gasteiger partial charge in [0.15, 0.2) is 0 Å². The Balaban J connectivity index is 2.30. The Morgan fingerprint density at radius 2 is 2.16 bits per heavy atom. The summed E-state index contributed by atoms with van der Waals surface area (Å²) in [7, 11) is 0. The second kappa shape index (κ2) is 8.29. The normalized spacial score (nSPS) is 10.2. The van der Waals surface area contributed by atoms with Gasteiger partial charge in [-0.15, -0.1) is 0 Å². The Bertz CT molecular complexity index is 410. The van der Waals surface area contributed by atoms with Gasteiger partial charge in [-0.05, 0) is 26.7 Å². The van der Waals surface area contributed by atoms with Crippen molar-refractivity contribution < 1.29 is 14.6 Å². The van der Waals surface area contributed by atoms with E-state index in [2.05, 4.69) is 15.3 Å². The highest BCUT2D eigenvalue weighted by Crippen LogP contribution is 2.13. The van der Waals surface area contributed by atoms with Gasteiger partial charge < -0.3 is 15.2 Å². The number of rotatable bonds is 9. The zero-order chi connectivity index (χ0) is 14.1. The molecule has 0 saturated carbocycles. The minimum Gasteiger partial charge on any atom is -0.481 e. The van der Waals surface area contributed by atoms with E-state index in [0.717, 1.165) is 25.2 Å². The molecule has 0 fully saturated rings. The molecule has 0 spiro atoms. The summed E-state index contributed by atoms with van der Waals surface area (Å²) in [5.41, 5.74) is 0. The third-order valence-electron chi connectivity index (χ3n) is 2.48. The second-order valence-electron chi connectivity index (χ2n) is 4.20. The number of nitrogens with one attached hydrogen (secondary N) is 1. The molecule has 106 valence electrons. The molecule has 0 aromatic carbocycles. The molecule has 0 atom stereocenters. The molecule has 19 heavy (non-hydrogen) atoms. The van der Waals surface area contributed by atoms with Crippen LogP contribution in [-0.2, 0) is 4.79 Å². The number of nitrogens with zero attached hydrogens (tertiary/aromatic N) is 2. The van der Waals surface area contributed by atoms with Gasteiger partial charge in [-0.3, -0.25) is 4.79 Å². The number of ether oxygens (including phenoxy) is 1. The first-order chi connectivity index (χ1) is 9.11. The third kappa shape index (κ3) is 6.59. The van der Waals surface area contributed by atoms with E-state index in [1.165, 1.54) is 0 Å². The molecule has 0 aliphatic rings. The van der Waals surface area contributed by atoms with Gasteiger partial charge in [0.1, 0.15) is 11.6 Å². The van der Waals surface area contributed by atoms with Crippen molar-refractivity contribution in [2.24, 2.45) is 0 Å². The topological polar surface area (TPSA) is 84.3 Å². The van der Waals surface area contributed by atoms with Crippen LogP contribution in [0.1, 0.15) is 38.4 Å². The molecule has 0 radical (unpaired) electrons. The Labute approximate surface area is 113 Å². The van der Waals surface area contributed by atoms with Gasteiger partial charge in [-0.25, -0.2) is 4.98 Å². The first kappa shape index (κ1) is 15.2. The van der Waals surface area contributed by atoms with Gasteiger partial charge in [-0.1, -0.05) is 6.42 Å². The number of anilines is 1. The van der Waals surface area contributed by atoms with Crippen LogP contribution in [-0.4, -0.2) is 34.2 Å². The van der Waals surface area contributed by atoms with Crippen molar-refractivity contribution >= 4 is 11.8 Å². The molecule has 6 nitrogen and oxygen atoms in total. The molecule has 1 aromatic heterocycles. The van der Waals surface area contributed by atoms with Crippen LogP contribution in [0.5, 0.6) is 5.88 Å². The SMILES string of the molecule is CCOc1cc(NCCCCCC(=O)O)nc(C)n1. The van der Waals surface area contributed by atoms with Gasteiger partial charge >= 0.3 is 5.97 Å². The fourth-order valence-corrected chi connectivity index (χ4v) is 1.65. The Morgan fingerprint density at radius 3 is 2.84 bits per heavy atom. The summed E-state index contributed by atoms with van der Waals surface area (Å²) in [6, 6.07) is 1.77. The lowest BCUT2D eigenvalue weighted by Crippen LogP contribution is -2.06. The summed E-state index contributed by atoms with van der Waals surface area (Å²) in [6.45, 7) is 5.07. The highest BCUT2D eigenvalue weighted by atomic mass is 16.5. The number of aliphatic carboxylic acids is 1. The highest BCUT2D eigenvalue weighted by Gasteiger charge is 2.02. The van der Waals surface area contributed by atoms with E-state index in [0.29, 0.717) is 24.7 Å². The van der Waals surface area contributed by atoms with Gasteiger partial charge in [0.05, 0.1) is 6.61 Å². The second-order valence-corrected chi connectivity index (χ2v) is 4.20. The fourth-order valence-electron chi connectivity index (χ4n) is 1.65. The minimum absolute atomic E-state index is 0.237. The monoisotopic (exact) mass is 267 g/mol. The van der Waals surface area contributed by atoms with Crippen LogP contribution in [0.2, 0.25) is 0 Å². The van der Waals surface area contributed by atoms with Crippen molar-refractivity contribution in [2.45, 2.75) is 39.5 Å². The first-order valence-electron chi connectivity index (χ1n) is 6.56. The molecule has 1 heterocycles. The molecule has 6 heteroatoms. The van der Waals surface area contributed by atoms with Crippen LogP contribution in [0.4, 0.5) is 5.82 Å². The molecule has 0 amide bonds. The maximum atomic E-state index is 10.3. The van der Waals surface area contributed by atoms with Crippen LogP contribution >= 0.6 is 0 Å². The summed E-state index contributed by atoms with van der Waals surface area (Å²) < 4.78 is 5.34. The molecule has 0 unspecified atom stereocenters. The van der Waals surface area contributed by atoms with E-state index in [1.807, 2.05) is 13.8 Å². The molecule has 2 N–H and O–H groups in total.